The van der Waals surface area contributed by atoms with Crippen LogP contribution in [-0.2, 0) is 13.5 Å². The Morgan fingerprint density at radius 1 is 1.53 bits per heavy atom. The summed E-state index contributed by atoms with van der Waals surface area (Å²) in [6.07, 6.45) is 4.24. The minimum atomic E-state index is -0.538. The quantitative estimate of drug-likeness (QED) is 0.740. The summed E-state index contributed by atoms with van der Waals surface area (Å²) in [6.45, 7) is 3.87. The molecule has 2 heterocycles. The molecule has 0 saturated carbocycles. The lowest BCUT2D eigenvalue weighted by Crippen LogP contribution is -2.43. The van der Waals surface area contributed by atoms with Crippen molar-refractivity contribution in [3.05, 3.63) is 17.5 Å². The number of aromatic nitrogens is 2. The Morgan fingerprint density at radius 3 is 2.73 bits per heavy atom. The standard InChI is InChI=1S/C11H19N3O/c1-9-8-13-14(2)10(9)7-11(15)3-5-12-6-4-11/h8,12,15H,3-7H2,1-2H3. The van der Waals surface area contributed by atoms with Gasteiger partial charge in [0.1, 0.15) is 0 Å². The SMILES string of the molecule is Cc1cnn(C)c1CC1(O)CCNCC1. The van der Waals surface area contributed by atoms with Gasteiger partial charge in [-0.2, -0.15) is 5.10 Å². The van der Waals surface area contributed by atoms with E-state index in [-0.39, 0.29) is 0 Å². The van der Waals surface area contributed by atoms with Crippen LogP contribution >= 0.6 is 0 Å². The fourth-order valence-corrected chi connectivity index (χ4v) is 2.21. The van der Waals surface area contributed by atoms with E-state index in [2.05, 4.69) is 10.4 Å². The zero-order valence-corrected chi connectivity index (χ0v) is 9.45. The zero-order chi connectivity index (χ0) is 10.9. The molecule has 0 radical (unpaired) electrons. The number of aliphatic hydroxyl groups is 1. The third-order valence-electron chi connectivity index (χ3n) is 3.30. The first-order valence-electron chi connectivity index (χ1n) is 5.51. The highest BCUT2D eigenvalue weighted by Gasteiger charge is 2.30. The maximum atomic E-state index is 10.4. The van der Waals surface area contributed by atoms with Gasteiger partial charge in [0.15, 0.2) is 0 Å². The Bertz CT molecular complexity index is 320. The monoisotopic (exact) mass is 209 g/mol. The van der Waals surface area contributed by atoms with Crippen LogP contribution in [0.15, 0.2) is 6.20 Å². The maximum Gasteiger partial charge on any atom is 0.0727 e. The molecule has 0 aromatic carbocycles. The largest absolute Gasteiger partial charge is 0.389 e. The highest BCUT2D eigenvalue weighted by Crippen LogP contribution is 2.24. The second-order valence-corrected chi connectivity index (χ2v) is 4.55. The van der Waals surface area contributed by atoms with Gasteiger partial charge < -0.3 is 10.4 Å². The topological polar surface area (TPSA) is 50.1 Å². The van der Waals surface area contributed by atoms with Crippen molar-refractivity contribution in [3.63, 3.8) is 0 Å². The average Bonchev–Trinajstić information content (AvgIpc) is 2.50. The lowest BCUT2D eigenvalue weighted by atomic mass is 9.87. The van der Waals surface area contributed by atoms with Crippen molar-refractivity contribution >= 4 is 0 Å². The Labute approximate surface area is 90.3 Å². The molecule has 0 atom stereocenters. The molecular weight excluding hydrogens is 190 g/mol. The Kier molecular flexibility index (Phi) is 2.80. The summed E-state index contributed by atoms with van der Waals surface area (Å²) >= 11 is 0. The molecule has 1 aromatic rings. The zero-order valence-electron chi connectivity index (χ0n) is 9.45. The molecule has 2 rings (SSSR count). The van der Waals surface area contributed by atoms with Gasteiger partial charge >= 0.3 is 0 Å². The highest BCUT2D eigenvalue weighted by molar-refractivity contribution is 5.18. The summed E-state index contributed by atoms with van der Waals surface area (Å²) in [5.74, 6) is 0. The van der Waals surface area contributed by atoms with Gasteiger partial charge in [0, 0.05) is 19.2 Å². The molecule has 2 N–H and O–H groups in total. The van der Waals surface area contributed by atoms with Gasteiger partial charge in [-0.25, -0.2) is 0 Å². The molecule has 1 saturated heterocycles. The van der Waals surface area contributed by atoms with E-state index in [9.17, 15) is 5.11 Å². The number of rotatable bonds is 2. The normalized spacial score (nSPS) is 20.5. The molecule has 0 unspecified atom stereocenters. The van der Waals surface area contributed by atoms with Gasteiger partial charge in [0.05, 0.1) is 11.8 Å². The second kappa shape index (κ2) is 3.94. The van der Waals surface area contributed by atoms with Crippen LogP contribution in [0.25, 0.3) is 0 Å². The van der Waals surface area contributed by atoms with Crippen LogP contribution in [0.5, 0.6) is 0 Å². The minimum Gasteiger partial charge on any atom is -0.389 e. The molecule has 1 aromatic heterocycles. The maximum absolute atomic E-state index is 10.4. The van der Waals surface area contributed by atoms with E-state index in [1.807, 2.05) is 24.9 Å². The van der Waals surface area contributed by atoms with Crippen LogP contribution in [0.3, 0.4) is 0 Å². The van der Waals surface area contributed by atoms with Gasteiger partial charge in [-0.3, -0.25) is 4.68 Å². The third-order valence-corrected chi connectivity index (χ3v) is 3.30. The van der Waals surface area contributed by atoms with E-state index in [1.165, 1.54) is 5.56 Å². The average molecular weight is 209 g/mol. The van der Waals surface area contributed by atoms with Crippen molar-refractivity contribution in [2.24, 2.45) is 7.05 Å². The predicted molar refractivity (Wildman–Crippen MR) is 58.7 cm³/mol. The number of aryl methyl sites for hydroxylation is 2. The van der Waals surface area contributed by atoms with Crippen LogP contribution in [0.1, 0.15) is 24.1 Å². The fourth-order valence-electron chi connectivity index (χ4n) is 2.21. The molecule has 4 heteroatoms. The first kappa shape index (κ1) is 10.6. The van der Waals surface area contributed by atoms with Gasteiger partial charge in [0.2, 0.25) is 0 Å². The van der Waals surface area contributed by atoms with Crippen molar-refractivity contribution in [1.29, 1.82) is 0 Å². The van der Waals surface area contributed by atoms with Crippen molar-refractivity contribution < 1.29 is 5.11 Å². The molecule has 84 valence electrons. The van der Waals surface area contributed by atoms with Crippen LogP contribution in [0.4, 0.5) is 0 Å². The van der Waals surface area contributed by atoms with E-state index < -0.39 is 5.60 Å². The molecule has 0 aliphatic carbocycles. The van der Waals surface area contributed by atoms with Gasteiger partial charge in [-0.05, 0) is 38.4 Å². The molecule has 0 bridgehead atoms. The number of nitrogens with one attached hydrogen (secondary N) is 1. The fraction of sp³-hybridized carbons (Fsp3) is 0.727. The Balaban J connectivity index is 2.13. The van der Waals surface area contributed by atoms with Crippen molar-refractivity contribution in [3.8, 4) is 0 Å². The smallest absolute Gasteiger partial charge is 0.0727 e. The minimum absolute atomic E-state index is 0.538. The first-order valence-corrected chi connectivity index (χ1v) is 5.51. The van der Waals surface area contributed by atoms with Crippen LogP contribution in [-0.4, -0.2) is 33.6 Å². The molecule has 1 aliphatic rings. The number of nitrogens with zero attached hydrogens (tertiary/aromatic N) is 2. The van der Waals surface area contributed by atoms with E-state index >= 15 is 0 Å². The molecule has 15 heavy (non-hydrogen) atoms. The summed E-state index contributed by atoms with van der Waals surface area (Å²) in [5.41, 5.74) is 1.79. The molecule has 1 fully saturated rings. The molecular formula is C11H19N3O. The summed E-state index contributed by atoms with van der Waals surface area (Å²) < 4.78 is 1.87. The van der Waals surface area contributed by atoms with E-state index in [0.717, 1.165) is 38.0 Å². The van der Waals surface area contributed by atoms with Crippen LogP contribution in [0.2, 0.25) is 0 Å². The third kappa shape index (κ3) is 2.21. The Hall–Kier alpha value is -0.870. The van der Waals surface area contributed by atoms with Crippen molar-refractivity contribution in [2.45, 2.75) is 31.8 Å². The van der Waals surface area contributed by atoms with Crippen LogP contribution < -0.4 is 5.32 Å². The van der Waals surface area contributed by atoms with Crippen molar-refractivity contribution in [1.82, 2.24) is 15.1 Å². The van der Waals surface area contributed by atoms with Gasteiger partial charge in [0.25, 0.3) is 0 Å². The number of hydrogen-bond donors (Lipinski definition) is 2. The van der Waals surface area contributed by atoms with E-state index in [4.69, 9.17) is 0 Å². The summed E-state index contributed by atoms with van der Waals surface area (Å²) in [7, 11) is 1.94. The lowest BCUT2D eigenvalue weighted by Gasteiger charge is -2.32. The molecule has 0 spiro atoms. The highest BCUT2D eigenvalue weighted by atomic mass is 16.3. The van der Waals surface area contributed by atoms with Gasteiger partial charge in [-0.15, -0.1) is 0 Å². The van der Waals surface area contributed by atoms with E-state index in [1.54, 1.807) is 0 Å². The number of piperidine rings is 1. The molecule has 4 nitrogen and oxygen atoms in total. The Morgan fingerprint density at radius 2 is 2.20 bits per heavy atom. The summed E-state index contributed by atoms with van der Waals surface area (Å²) in [6, 6.07) is 0. The predicted octanol–water partition coefficient (Wildman–Crippen LogP) is 0.386. The molecule has 1 aliphatic heterocycles. The van der Waals surface area contributed by atoms with E-state index in [0.29, 0.717) is 0 Å². The number of hydrogen-bond acceptors (Lipinski definition) is 3. The van der Waals surface area contributed by atoms with Gasteiger partial charge in [-0.1, -0.05) is 0 Å². The van der Waals surface area contributed by atoms with Crippen molar-refractivity contribution in [2.75, 3.05) is 13.1 Å². The molecule has 0 amide bonds. The lowest BCUT2D eigenvalue weighted by molar-refractivity contribution is 0.00912. The summed E-state index contributed by atoms with van der Waals surface area (Å²) in [4.78, 5) is 0. The second-order valence-electron chi connectivity index (χ2n) is 4.55. The summed E-state index contributed by atoms with van der Waals surface area (Å²) in [5, 5.41) is 17.9. The van der Waals surface area contributed by atoms with Crippen LogP contribution in [0, 0.1) is 6.92 Å². The first-order chi connectivity index (χ1) is 7.11.